The first-order valence-corrected chi connectivity index (χ1v) is 14.0. The fourth-order valence-corrected chi connectivity index (χ4v) is 6.45. The second-order valence-electron chi connectivity index (χ2n) is 10.8. The largest absolute Gasteiger partial charge is 0.497 e. The lowest BCUT2D eigenvalue weighted by atomic mass is 9.79. The molecule has 0 saturated heterocycles. The highest BCUT2D eigenvalue weighted by atomic mass is 35.5. The minimum absolute atomic E-state index is 0.0993. The predicted octanol–water partition coefficient (Wildman–Crippen LogP) is 7.86. The minimum atomic E-state index is 0.0993. The van der Waals surface area contributed by atoms with Crippen molar-refractivity contribution in [1.29, 1.82) is 0 Å². The van der Waals surface area contributed by atoms with Gasteiger partial charge in [0.25, 0.3) is 0 Å². The van der Waals surface area contributed by atoms with E-state index in [-0.39, 0.29) is 5.92 Å². The molecule has 2 aliphatic carbocycles. The Morgan fingerprint density at radius 2 is 1.55 bits per heavy atom. The molecule has 0 bridgehead atoms. The number of allylic oxidation sites excluding steroid dienone is 2. The Bertz CT molecular complexity index is 1340. The third-order valence-corrected chi connectivity index (χ3v) is 8.27. The van der Waals surface area contributed by atoms with Crippen LogP contribution in [0, 0.1) is 0 Å². The first kappa shape index (κ1) is 26.6. The van der Waals surface area contributed by atoms with E-state index in [0.717, 1.165) is 36.6 Å². The monoisotopic (exact) mass is 531 g/mol. The summed E-state index contributed by atoms with van der Waals surface area (Å²) in [6.07, 6.45) is 1.96. The molecule has 0 N–H and O–H groups in total. The number of ether oxygens (including phenoxy) is 3. The summed E-state index contributed by atoms with van der Waals surface area (Å²) in [7, 11) is 3.41. The highest BCUT2D eigenvalue weighted by Crippen LogP contribution is 2.56. The first-order chi connectivity index (χ1) is 18.3. The average molecular weight is 532 g/mol. The van der Waals surface area contributed by atoms with Gasteiger partial charge in [0.05, 0.1) is 19.2 Å². The normalized spacial score (nSPS) is 16.1. The summed E-state index contributed by atoms with van der Waals surface area (Å²) in [5, 5.41) is 0.644. The summed E-state index contributed by atoms with van der Waals surface area (Å²) < 4.78 is 17.3. The second kappa shape index (κ2) is 11.0. The number of halogens is 1. The van der Waals surface area contributed by atoms with Gasteiger partial charge in [-0.25, -0.2) is 0 Å². The molecule has 1 atom stereocenters. The zero-order chi connectivity index (χ0) is 27.0. The van der Waals surface area contributed by atoms with Gasteiger partial charge in [0.1, 0.15) is 23.9 Å². The zero-order valence-electron chi connectivity index (χ0n) is 23.3. The van der Waals surface area contributed by atoms with E-state index in [4.69, 9.17) is 25.8 Å². The molecule has 0 radical (unpaired) electrons. The maximum Gasteiger partial charge on any atom is 0.138 e. The van der Waals surface area contributed by atoms with Crippen LogP contribution >= 0.6 is 11.6 Å². The number of hydrogen-bond acceptors (Lipinski definition) is 4. The molecule has 1 unspecified atom stereocenters. The quantitative estimate of drug-likeness (QED) is 0.281. The van der Waals surface area contributed by atoms with Crippen LogP contribution in [-0.4, -0.2) is 44.4 Å². The molecule has 5 rings (SSSR count). The Balaban J connectivity index is 1.48. The van der Waals surface area contributed by atoms with Crippen LogP contribution in [0.15, 0.2) is 54.6 Å². The van der Waals surface area contributed by atoms with Gasteiger partial charge in [0.15, 0.2) is 0 Å². The molecule has 0 aromatic heterocycles. The molecule has 38 heavy (non-hydrogen) atoms. The van der Waals surface area contributed by atoms with Crippen molar-refractivity contribution in [2.24, 2.45) is 0 Å². The van der Waals surface area contributed by atoms with E-state index in [9.17, 15) is 0 Å². The highest BCUT2D eigenvalue weighted by molar-refractivity contribution is 6.32. The zero-order valence-corrected chi connectivity index (χ0v) is 24.1. The van der Waals surface area contributed by atoms with Gasteiger partial charge in [-0.3, -0.25) is 4.90 Å². The molecular weight excluding hydrogens is 494 g/mol. The number of benzene rings is 3. The molecule has 5 heteroatoms. The van der Waals surface area contributed by atoms with Crippen molar-refractivity contribution in [2.45, 2.75) is 58.5 Å². The van der Waals surface area contributed by atoms with Crippen molar-refractivity contribution < 1.29 is 14.2 Å². The van der Waals surface area contributed by atoms with Crippen molar-refractivity contribution >= 4 is 22.7 Å². The fraction of sp³-hybridized carbons (Fsp3) is 0.394. The SMILES string of the molecule is COc1ccc2c(c1)CCC1=C2C(c2ccc(OCCN(C(C)C)C(C)C)cc2)c2cc(Cl)c(OC)cc21. The Labute approximate surface area is 232 Å². The summed E-state index contributed by atoms with van der Waals surface area (Å²) >= 11 is 6.67. The third kappa shape index (κ3) is 4.92. The van der Waals surface area contributed by atoms with E-state index in [2.05, 4.69) is 87.2 Å². The lowest BCUT2D eigenvalue weighted by molar-refractivity contribution is 0.142. The lowest BCUT2D eigenvalue weighted by Gasteiger charge is -2.30. The minimum Gasteiger partial charge on any atom is -0.497 e. The molecule has 0 amide bonds. The summed E-state index contributed by atoms with van der Waals surface area (Å²) in [6.45, 7) is 10.5. The van der Waals surface area contributed by atoms with Crippen LogP contribution in [0.4, 0.5) is 0 Å². The number of hydrogen-bond donors (Lipinski definition) is 0. The number of rotatable bonds is 9. The molecule has 4 nitrogen and oxygen atoms in total. The van der Waals surface area contributed by atoms with Crippen molar-refractivity contribution in [1.82, 2.24) is 4.90 Å². The first-order valence-electron chi connectivity index (χ1n) is 13.6. The smallest absolute Gasteiger partial charge is 0.138 e. The molecule has 200 valence electrons. The Hall–Kier alpha value is -2.95. The van der Waals surface area contributed by atoms with Crippen molar-refractivity contribution in [2.75, 3.05) is 27.4 Å². The molecule has 0 fully saturated rings. The Kier molecular flexibility index (Phi) is 7.74. The van der Waals surface area contributed by atoms with Gasteiger partial charge in [-0.2, -0.15) is 0 Å². The van der Waals surface area contributed by atoms with Crippen LogP contribution in [-0.2, 0) is 6.42 Å². The summed E-state index contributed by atoms with van der Waals surface area (Å²) in [5.74, 6) is 2.62. The molecular formula is C33H38ClNO3. The molecule has 0 heterocycles. The van der Waals surface area contributed by atoms with Crippen LogP contribution in [0.25, 0.3) is 11.1 Å². The topological polar surface area (TPSA) is 30.9 Å². The maximum absolute atomic E-state index is 6.67. The van der Waals surface area contributed by atoms with E-state index in [1.54, 1.807) is 14.2 Å². The summed E-state index contributed by atoms with van der Waals surface area (Å²) in [5.41, 5.74) is 9.11. The molecule has 0 aliphatic heterocycles. The number of nitrogens with zero attached hydrogens (tertiary/aromatic N) is 1. The maximum atomic E-state index is 6.67. The molecule has 3 aromatic rings. The number of fused-ring (bicyclic) bond motifs is 4. The van der Waals surface area contributed by atoms with Gasteiger partial charge < -0.3 is 14.2 Å². The molecule has 0 saturated carbocycles. The molecule has 0 spiro atoms. The van der Waals surface area contributed by atoms with Crippen molar-refractivity contribution in [3.8, 4) is 17.2 Å². The fourth-order valence-electron chi connectivity index (χ4n) is 6.20. The van der Waals surface area contributed by atoms with Gasteiger partial charge in [0, 0.05) is 24.5 Å². The van der Waals surface area contributed by atoms with E-state index in [0.29, 0.717) is 23.7 Å². The van der Waals surface area contributed by atoms with Crippen LogP contribution in [0.2, 0.25) is 5.02 Å². The van der Waals surface area contributed by atoms with Gasteiger partial charge in [-0.05, 0) is 116 Å². The van der Waals surface area contributed by atoms with Crippen LogP contribution in [0.5, 0.6) is 17.2 Å². The van der Waals surface area contributed by atoms with Gasteiger partial charge in [-0.1, -0.05) is 29.8 Å². The van der Waals surface area contributed by atoms with Gasteiger partial charge in [-0.15, -0.1) is 0 Å². The van der Waals surface area contributed by atoms with E-state index < -0.39 is 0 Å². The second-order valence-corrected chi connectivity index (χ2v) is 11.2. The molecule has 3 aromatic carbocycles. The number of methoxy groups -OCH3 is 2. The van der Waals surface area contributed by atoms with E-state index in [1.807, 2.05) is 0 Å². The van der Waals surface area contributed by atoms with Gasteiger partial charge >= 0.3 is 0 Å². The predicted molar refractivity (Wildman–Crippen MR) is 157 cm³/mol. The lowest BCUT2D eigenvalue weighted by Crippen LogP contribution is -2.39. The van der Waals surface area contributed by atoms with Gasteiger partial charge in [0.2, 0.25) is 0 Å². The average Bonchev–Trinajstić information content (AvgIpc) is 3.23. The Morgan fingerprint density at radius 3 is 2.21 bits per heavy atom. The van der Waals surface area contributed by atoms with E-state index >= 15 is 0 Å². The highest BCUT2D eigenvalue weighted by Gasteiger charge is 2.37. The van der Waals surface area contributed by atoms with Crippen LogP contribution < -0.4 is 14.2 Å². The standard InChI is InChI=1S/C33H38ClNO3/c1-20(2)35(21(3)4)15-16-38-24-10-7-22(8-11-24)32-29-18-30(34)31(37-6)19-28(29)27-13-9-23-17-25(36-5)12-14-26(23)33(27)32/h7-8,10-12,14,17-21,32H,9,13,15-16H2,1-6H3. The van der Waals surface area contributed by atoms with Crippen molar-refractivity contribution in [3.05, 3.63) is 87.4 Å². The summed E-state index contributed by atoms with van der Waals surface area (Å²) in [4.78, 5) is 2.45. The van der Waals surface area contributed by atoms with Crippen molar-refractivity contribution in [3.63, 3.8) is 0 Å². The van der Waals surface area contributed by atoms with Crippen LogP contribution in [0.1, 0.15) is 67.9 Å². The van der Waals surface area contributed by atoms with E-state index in [1.165, 1.54) is 39.0 Å². The third-order valence-electron chi connectivity index (χ3n) is 7.98. The molecule has 2 aliphatic rings. The Morgan fingerprint density at radius 1 is 0.842 bits per heavy atom. The summed E-state index contributed by atoms with van der Waals surface area (Å²) in [6, 6.07) is 20.3. The van der Waals surface area contributed by atoms with Crippen LogP contribution in [0.3, 0.4) is 0 Å². The number of aryl methyl sites for hydroxylation is 1.